The summed E-state index contributed by atoms with van der Waals surface area (Å²) in [5.41, 5.74) is 0. The third-order valence-electron chi connectivity index (χ3n) is 12.4. The molecule has 0 fully saturated rings. The highest BCUT2D eigenvalue weighted by atomic mass is 16.6. The van der Waals surface area contributed by atoms with Crippen molar-refractivity contribution in [3.63, 3.8) is 0 Å². The number of hydrogen-bond donors (Lipinski definition) is 0. The summed E-state index contributed by atoms with van der Waals surface area (Å²) in [5.74, 6) is -1.07. The fraction of sp³-hybridized carbons (Fsp3) is 0.632. The van der Waals surface area contributed by atoms with E-state index in [0.717, 1.165) is 122 Å². The second-order valence-electron chi connectivity index (χ2n) is 19.5. The first-order chi connectivity index (χ1) is 36.5. The van der Waals surface area contributed by atoms with Gasteiger partial charge in [0.05, 0.1) is 6.42 Å². The maximum atomic E-state index is 12.9. The van der Waals surface area contributed by atoms with E-state index in [2.05, 4.69) is 142 Å². The van der Waals surface area contributed by atoms with Gasteiger partial charge in [-0.2, -0.15) is 0 Å². The Balaban J connectivity index is 4.45. The molecule has 0 N–H and O–H groups in total. The number of rotatable bonds is 53. The van der Waals surface area contributed by atoms with Gasteiger partial charge < -0.3 is 14.2 Å². The predicted octanol–water partition coefficient (Wildman–Crippen LogP) is 20.6. The van der Waals surface area contributed by atoms with Crippen LogP contribution in [0.3, 0.4) is 0 Å². The van der Waals surface area contributed by atoms with Gasteiger partial charge in [-0.1, -0.05) is 257 Å². The average molecular weight is 1020 g/mol. The van der Waals surface area contributed by atoms with E-state index in [1.54, 1.807) is 6.08 Å². The molecule has 0 aromatic carbocycles. The summed E-state index contributed by atoms with van der Waals surface area (Å²) in [7, 11) is 0. The van der Waals surface area contributed by atoms with Gasteiger partial charge in [-0.3, -0.25) is 14.4 Å². The lowest BCUT2D eigenvalue weighted by atomic mass is 10.1. The minimum Gasteiger partial charge on any atom is -0.462 e. The maximum Gasteiger partial charge on any atom is 0.309 e. The molecule has 0 saturated carbocycles. The summed E-state index contributed by atoms with van der Waals surface area (Å²) in [6.45, 7) is 6.31. The van der Waals surface area contributed by atoms with Crippen LogP contribution in [0.25, 0.3) is 0 Å². The van der Waals surface area contributed by atoms with Gasteiger partial charge >= 0.3 is 17.9 Å². The monoisotopic (exact) mass is 1020 g/mol. The van der Waals surface area contributed by atoms with Crippen LogP contribution in [-0.4, -0.2) is 37.2 Å². The van der Waals surface area contributed by atoms with E-state index in [4.69, 9.17) is 14.2 Å². The van der Waals surface area contributed by atoms with Crippen LogP contribution in [0.4, 0.5) is 0 Å². The standard InChI is InChI=1S/C68H110O6/c1-4-7-10-13-16-19-22-25-28-30-31-32-33-34-35-36-37-38-41-43-46-49-52-55-58-61-67(70)73-64-65(63-72-66(69)60-57-54-51-48-45-42-39-27-24-21-18-15-12-9-6-3)74-68(71)62-59-56-53-50-47-44-40-29-26-23-20-17-14-11-8-5-2/h7,9-10,12,16,18-19,21,25,27-29,31-32,34-35,39-40,45,48,54,57,65H,4-6,8,11,13-15,17,20,22-24,26,30,33,36-38,41-44,46-47,49-53,55-56,58-64H2,1-3H3/b10-7-,12-9-,19-16-,21-18-,28-25-,32-31-,35-34-,39-27-,40-29-,48-45-,57-54-. The van der Waals surface area contributed by atoms with E-state index in [0.29, 0.717) is 12.8 Å². The first-order valence-corrected chi connectivity index (χ1v) is 30.2. The summed E-state index contributed by atoms with van der Waals surface area (Å²) < 4.78 is 16.8. The third kappa shape index (κ3) is 58.4. The second-order valence-corrected chi connectivity index (χ2v) is 19.5. The topological polar surface area (TPSA) is 78.9 Å². The van der Waals surface area contributed by atoms with Crippen LogP contribution >= 0.6 is 0 Å². The highest BCUT2D eigenvalue weighted by Crippen LogP contribution is 2.14. The normalized spacial score (nSPS) is 13.1. The number of carbonyl (C=O) groups is 3. The Morgan fingerprint density at radius 2 is 0.581 bits per heavy atom. The first kappa shape index (κ1) is 69.5. The number of esters is 3. The summed E-state index contributed by atoms with van der Waals surface area (Å²) >= 11 is 0. The van der Waals surface area contributed by atoms with E-state index in [9.17, 15) is 14.4 Å². The minimum absolute atomic E-state index is 0.118. The molecular formula is C68H110O6. The van der Waals surface area contributed by atoms with E-state index < -0.39 is 12.1 Å². The van der Waals surface area contributed by atoms with E-state index >= 15 is 0 Å². The molecule has 0 bridgehead atoms. The summed E-state index contributed by atoms with van der Waals surface area (Å²) in [4.78, 5) is 38.2. The van der Waals surface area contributed by atoms with Crippen molar-refractivity contribution in [2.45, 2.75) is 264 Å². The van der Waals surface area contributed by atoms with Crippen molar-refractivity contribution < 1.29 is 28.6 Å². The number of unbranched alkanes of at least 4 members (excludes halogenated alkanes) is 21. The van der Waals surface area contributed by atoms with Gasteiger partial charge in [0.2, 0.25) is 0 Å². The van der Waals surface area contributed by atoms with Gasteiger partial charge in [-0.05, 0) is 116 Å². The summed E-state index contributed by atoms with van der Waals surface area (Å²) in [6, 6.07) is 0. The van der Waals surface area contributed by atoms with E-state index in [1.807, 2.05) is 6.08 Å². The maximum absolute atomic E-state index is 12.9. The fourth-order valence-electron chi connectivity index (χ4n) is 7.95. The smallest absolute Gasteiger partial charge is 0.309 e. The molecule has 0 aliphatic carbocycles. The lowest BCUT2D eigenvalue weighted by Crippen LogP contribution is -2.30. The molecule has 6 heteroatoms. The van der Waals surface area contributed by atoms with Crippen LogP contribution in [-0.2, 0) is 28.6 Å². The van der Waals surface area contributed by atoms with Crippen LogP contribution in [0.2, 0.25) is 0 Å². The Morgan fingerprint density at radius 3 is 0.959 bits per heavy atom. The SMILES string of the molecule is CC/C=C\C/C=C\C/C=C\C/C=C\C/C=C\CCCCCCCCCCCC(=O)OCC(COC(=O)C/C=C\C/C=C\C/C=C\C/C=C\C/C=C\CC)OC(=O)CCCCCCC/C=C\CCCCCCCCC. The molecule has 0 aromatic rings. The van der Waals surface area contributed by atoms with Crippen LogP contribution in [0, 0.1) is 0 Å². The molecule has 0 aromatic heterocycles. The number of hydrogen-bond acceptors (Lipinski definition) is 6. The molecule has 0 radical (unpaired) electrons. The Hall–Kier alpha value is -4.45. The fourth-order valence-corrected chi connectivity index (χ4v) is 7.95. The van der Waals surface area contributed by atoms with Crippen molar-refractivity contribution in [3.8, 4) is 0 Å². The van der Waals surface area contributed by atoms with Gasteiger partial charge in [-0.15, -0.1) is 0 Å². The Morgan fingerprint density at radius 1 is 0.297 bits per heavy atom. The van der Waals surface area contributed by atoms with Gasteiger partial charge in [0.15, 0.2) is 6.10 Å². The molecule has 0 spiro atoms. The van der Waals surface area contributed by atoms with Crippen molar-refractivity contribution in [1.82, 2.24) is 0 Å². The summed E-state index contributed by atoms with van der Waals surface area (Å²) in [6.07, 6.45) is 86.2. The zero-order valence-corrected chi connectivity index (χ0v) is 47.8. The highest BCUT2D eigenvalue weighted by Gasteiger charge is 2.19. The highest BCUT2D eigenvalue weighted by molar-refractivity contribution is 5.72. The summed E-state index contributed by atoms with van der Waals surface area (Å²) in [5, 5.41) is 0. The molecule has 1 unspecified atom stereocenters. The second kappa shape index (κ2) is 61.1. The van der Waals surface area contributed by atoms with Crippen molar-refractivity contribution in [3.05, 3.63) is 134 Å². The van der Waals surface area contributed by atoms with Gasteiger partial charge in [-0.25, -0.2) is 0 Å². The molecule has 0 amide bonds. The lowest BCUT2D eigenvalue weighted by molar-refractivity contribution is -0.166. The Bertz CT molecular complexity index is 1600. The molecule has 6 nitrogen and oxygen atoms in total. The lowest BCUT2D eigenvalue weighted by Gasteiger charge is -2.18. The molecule has 0 rings (SSSR count). The van der Waals surface area contributed by atoms with E-state index in [1.165, 1.54) is 96.3 Å². The van der Waals surface area contributed by atoms with Crippen LogP contribution in [0.15, 0.2) is 134 Å². The van der Waals surface area contributed by atoms with Gasteiger partial charge in [0.1, 0.15) is 13.2 Å². The Labute approximate surface area is 455 Å². The number of carbonyl (C=O) groups excluding carboxylic acids is 3. The van der Waals surface area contributed by atoms with Crippen LogP contribution in [0.5, 0.6) is 0 Å². The zero-order valence-electron chi connectivity index (χ0n) is 47.8. The van der Waals surface area contributed by atoms with Gasteiger partial charge in [0.25, 0.3) is 0 Å². The van der Waals surface area contributed by atoms with Crippen molar-refractivity contribution in [2.75, 3.05) is 13.2 Å². The largest absolute Gasteiger partial charge is 0.462 e. The quantitative estimate of drug-likeness (QED) is 0.0261. The van der Waals surface area contributed by atoms with Crippen molar-refractivity contribution in [2.24, 2.45) is 0 Å². The minimum atomic E-state index is -0.830. The molecule has 418 valence electrons. The number of allylic oxidation sites excluding steroid dienone is 21. The molecule has 1 atom stereocenters. The van der Waals surface area contributed by atoms with Crippen LogP contribution < -0.4 is 0 Å². The predicted molar refractivity (Wildman–Crippen MR) is 320 cm³/mol. The molecular weight excluding hydrogens is 913 g/mol. The zero-order chi connectivity index (χ0) is 53.6. The molecule has 74 heavy (non-hydrogen) atoms. The van der Waals surface area contributed by atoms with Crippen LogP contribution in [0.1, 0.15) is 258 Å². The molecule has 0 saturated heterocycles. The Kier molecular flexibility index (Phi) is 57.4. The van der Waals surface area contributed by atoms with E-state index in [-0.39, 0.29) is 31.6 Å². The average Bonchev–Trinajstić information content (AvgIpc) is 3.40. The van der Waals surface area contributed by atoms with Gasteiger partial charge in [0, 0.05) is 12.8 Å². The molecule has 0 heterocycles. The first-order valence-electron chi connectivity index (χ1n) is 30.2. The van der Waals surface area contributed by atoms with Crippen molar-refractivity contribution >= 4 is 17.9 Å². The van der Waals surface area contributed by atoms with Crippen molar-refractivity contribution in [1.29, 1.82) is 0 Å². The molecule has 0 aliphatic rings. The molecule has 0 aliphatic heterocycles. The number of ether oxygens (including phenoxy) is 3. The third-order valence-corrected chi connectivity index (χ3v) is 12.4.